The van der Waals surface area contributed by atoms with Gasteiger partial charge in [0.2, 0.25) is 0 Å². The third kappa shape index (κ3) is 3.27. The van der Waals surface area contributed by atoms with Crippen molar-refractivity contribution in [1.82, 2.24) is 9.38 Å². The van der Waals surface area contributed by atoms with Crippen LogP contribution in [0, 0.1) is 0 Å². The van der Waals surface area contributed by atoms with Gasteiger partial charge in [0.1, 0.15) is 11.5 Å². The molecule has 0 aliphatic carbocycles. The zero-order valence-electron chi connectivity index (χ0n) is 12.3. The minimum Gasteiger partial charge on any atom is -0.391 e. The number of allylic oxidation sites excluding steroid dienone is 1. The topological polar surface area (TPSA) is 66.6 Å². The molecule has 2 N–H and O–H groups in total. The lowest BCUT2D eigenvalue weighted by Gasteiger charge is -2.22. The number of aromatic nitrogens is 2. The molecule has 2 atom stereocenters. The van der Waals surface area contributed by atoms with Gasteiger partial charge in [-0.2, -0.15) is 0 Å². The van der Waals surface area contributed by atoms with Crippen LogP contribution in [-0.4, -0.2) is 25.9 Å². The van der Waals surface area contributed by atoms with Gasteiger partial charge >= 0.3 is 0 Å². The lowest BCUT2D eigenvalue weighted by atomic mass is 10.2. The van der Waals surface area contributed by atoms with E-state index in [2.05, 4.69) is 10.3 Å². The second-order valence-corrected chi connectivity index (χ2v) is 5.93. The molecule has 0 aliphatic rings. The molecule has 0 bridgehead atoms. The van der Waals surface area contributed by atoms with E-state index >= 15 is 0 Å². The summed E-state index contributed by atoms with van der Waals surface area (Å²) in [5.41, 5.74) is 0.324. The van der Waals surface area contributed by atoms with Crippen molar-refractivity contribution in [2.24, 2.45) is 0 Å². The van der Waals surface area contributed by atoms with Crippen molar-refractivity contribution >= 4 is 34.7 Å². The summed E-state index contributed by atoms with van der Waals surface area (Å²) in [5.74, 6) is 0.288. The Labute approximate surface area is 138 Å². The first-order valence-corrected chi connectivity index (χ1v) is 7.64. The number of aliphatic hydroxyl groups excluding tert-OH is 1. The predicted molar refractivity (Wildman–Crippen MR) is 89.7 cm³/mol. The number of hydrogen-bond acceptors (Lipinski definition) is 4. The molecule has 2 aromatic rings. The molecule has 2 rings (SSSR count). The fourth-order valence-corrected chi connectivity index (χ4v) is 2.62. The molecule has 2 unspecified atom stereocenters. The smallest absolute Gasteiger partial charge is 0.265 e. The molecule has 0 amide bonds. The van der Waals surface area contributed by atoms with Gasteiger partial charge in [0.15, 0.2) is 0 Å². The van der Waals surface area contributed by atoms with Gasteiger partial charge in [0.05, 0.1) is 23.6 Å². The highest BCUT2D eigenvalue weighted by atomic mass is 35.5. The Morgan fingerprint density at radius 1 is 1.55 bits per heavy atom. The standard InChI is InChI=1S/C15H17Cl2N3O2/c1-3-11(17)13(9(2)16)19-14-10(8-21)15(22)20-7-5-4-6-12(20)18-14/h3-7,9,13,19,21H,8H2,1-2H3/b11-3+. The van der Waals surface area contributed by atoms with Gasteiger partial charge in [-0.1, -0.05) is 23.7 Å². The Morgan fingerprint density at radius 3 is 2.86 bits per heavy atom. The Morgan fingerprint density at radius 2 is 2.27 bits per heavy atom. The monoisotopic (exact) mass is 341 g/mol. The van der Waals surface area contributed by atoms with E-state index in [0.717, 1.165) is 0 Å². The molecular formula is C15H17Cl2N3O2. The normalized spacial score (nSPS) is 14.9. The van der Waals surface area contributed by atoms with Gasteiger partial charge in [0.25, 0.3) is 5.56 Å². The number of aliphatic hydroxyl groups is 1. The zero-order chi connectivity index (χ0) is 16.3. The Kier molecular flexibility index (Phi) is 5.45. The van der Waals surface area contributed by atoms with Gasteiger partial charge in [-0.25, -0.2) is 4.98 Å². The van der Waals surface area contributed by atoms with E-state index in [1.54, 1.807) is 44.3 Å². The van der Waals surface area contributed by atoms with Gasteiger partial charge in [0, 0.05) is 11.2 Å². The van der Waals surface area contributed by atoms with Crippen molar-refractivity contribution in [3.63, 3.8) is 0 Å². The number of rotatable bonds is 5. The van der Waals surface area contributed by atoms with Gasteiger partial charge in [-0.3, -0.25) is 9.20 Å². The minimum absolute atomic E-state index is 0.173. The number of alkyl halides is 1. The number of nitrogens with zero attached hydrogens (tertiary/aromatic N) is 2. The van der Waals surface area contributed by atoms with Crippen molar-refractivity contribution in [2.75, 3.05) is 5.32 Å². The molecule has 22 heavy (non-hydrogen) atoms. The van der Waals surface area contributed by atoms with E-state index in [9.17, 15) is 9.90 Å². The summed E-state index contributed by atoms with van der Waals surface area (Å²) in [5, 5.41) is 12.8. The number of nitrogens with one attached hydrogen (secondary N) is 1. The van der Waals surface area contributed by atoms with Crippen LogP contribution in [0.15, 0.2) is 40.3 Å². The molecular weight excluding hydrogens is 325 g/mol. The fourth-order valence-electron chi connectivity index (χ4n) is 2.12. The van der Waals surface area contributed by atoms with E-state index in [1.807, 2.05) is 0 Å². The maximum absolute atomic E-state index is 12.4. The van der Waals surface area contributed by atoms with E-state index < -0.39 is 12.6 Å². The summed E-state index contributed by atoms with van der Waals surface area (Å²) in [6.07, 6.45) is 3.33. The molecule has 0 saturated carbocycles. The lowest BCUT2D eigenvalue weighted by molar-refractivity contribution is 0.280. The number of halogens is 2. The van der Waals surface area contributed by atoms with Crippen molar-refractivity contribution < 1.29 is 5.11 Å². The second kappa shape index (κ2) is 7.13. The Balaban J connectivity index is 2.57. The van der Waals surface area contributed by atoms with Crippen LogP contribution in [0.2, 0.25) is 0 Å². The molecule has 0 radical (unpaired) electrons. The van der Waals surface area contributed by atoms with Gasteiger partial charge < -0.3 is 10.4 Å². The van der Waals surface area contributed by atoms with Crippen LogP contribution in [0.25, 0.3) is 5.65 Å². The van der Waals surface area contributed by atoms with Crippen LogP contribution in [0.1, 0.15) is 19.4 Å². The number of anilines is 1. The van der Waals surface area contributed by atoms with Crippen molar-refractivity contribution in [3.05, 3.63) is 51.4 Å². The molecule has 2 heterocycles. The summed E-state index contributed by atoms with van der Waals surface area (Å²) in [6, 6.07) is 4.82. The minimum atomic E-state index is -0.428. The second-order valence-electron chi connectivity index (χ2n) is 4.80. The highest BCUT2D eigenvalue weighted by Gasteiger charge is 2.21. The first-order chi connectivity index (χ1) is 10.5. The third-order valence-electron chi connectivity index (χ3n) is 3.31. The molecule has 0 saturated heterocycles. The average Bonchev–Trinajstić information content (AvgIpc) is 2.51. The molecule has 5 nitrogen and oxygen atoms in total. The van der Waals surface area contributed by atoms with E-state index in [1.165, 1.54) is 4.40 Å². The Hall–Kier alpha value is -1.56. The molecule has 0 spiro atoms. The number of fused-ring (bicyclic) bond motifs is 1. The van der Waals surface area contributed by atoms with Crippen molar-refractivity contribution in [1.29, 1.82) is 0 Å². The van der Waals surface area contributed by atoms with Gasteiger partial charge in [-0.05, 0) is 26.0 Å². The van der Waals surface area contributed by atoms with Crippen LogP contribution in [0.3, 0.4) is 0 Å². The maximum Gasteiger partial charge on any atom is 0.265 e. The predicted octanol–water partition coefficient (Wildman–Crippen LogP) is 2.74. The highest BCUT2D eigenvalue weighted by Crippen LogP contribution is 2.21. The van der Waals surface area contributed by atoms with Crippen LogP contribution >= 0.6 is 23.2 Å². The summed E-state index contributed by atoms with van der Waals surface area (Å²) in [6.45, 7) is 3.16. The number of pyridine rings is 1. The lowest BCUT2D eigenvalue weighted by Crippen LogP contribution is -2.32. The maximum atomic E-state index is 12.4. The van der Waals surface area contributed by atoms with E-state index in [4.69, 9.17) is 23.2 Å². The molecule has 118 valence electrons. The average molecular weight is 342 g/mol. The quantitative estimate of drug-likeness (QED) is 0.820. The molecule has 7 heteroatoms. The molecule has 0 aliphatic heterocycles. The molecule has 2 aromatic heterocycles. The number of hydrogen-bond donors (Lipinski definition) is 2. The summed E-state index contributed by atoms with van der Waals surface area (Å²) in [4.78, 5) is 16.8. The van der Waals surface area contributed by atoms with E-state index in [0.29, 0.717) is 10.7 Å². The molecule has 0 aromatic carbocycles. The van der Waals surface area contributed by atoms with Crippen LogP contribution in [-0.2, 0) is 6.61 Å². The van der Waals surface area contributed by atoms with E-state index in [-0.39, 0.29) is 22.3 Å². The summed E-state index contributed by atoms with van der Waals surface area (Å²) < 4.78 is 1.38. The molecule has 0 fully saturated rings. The zero-order valence-corrected chi connectivity index (χ0v) is 13.8. The SMILES string of the molecule is C/C=C(/Cl)C(Nc1nc2ccccn2c(=O)c1CO)C(C)Cl. The van der Waals surface area contributed by atoms with Gasteiger partial charge in [-0.15, -0.1) is 11.6 Å². The van der Waals surface area contributed by atoms with Crippen molar-refractivity contribution in [2.45, 2.75) is 31.9 Å². The highest BCUT2D eigenvalue weighted by molar-refractivity contribution is 6.32. The third-order valence-corrected chi connectivity index (χ3v) is 4.02. The Bertz CT molecular complexity index is 756. The fraction of sp³-hybridized carbons (Fsp3) is 0.333. The first kappa shape index (κ1) is 16.8. The summed E-state index contributed by atoms with van der Waals surface area (Å²) >= 11 is 12.3. The first-order valence-electron chi connectivity index (χ1n) is 6.83. The largest absolute Gasteiger partial charge is 0.391 e. The summed E-state index contributed by atoms with van der Waals surface area (Å²) in [7, 11) is 0. The van der Waals surface area contributed by atoms with Crippen LogP contribution in [0.4, 0.5) is 5.82 Å². The van der Waals surface area contributed by atoms with Crippen LogP contribution in [0.5, 0.6) is 0 Å². The van der Waals surface area contributed by atoms with Crippen LogP contribution < -0.4 is 10.9 Å². The van der Waals surface area contributed by atoms with Crippen molar-refractivity contribution in [3.8, 4) is 0 Å².